The standard InChI is InChI=1S/C26H24Cl2FN3O3/c1-16(2)24(31-25(33)21-5-3-4-6-23(21)29)26(34)32-30-14-17-7-11-20(12-8-17)35-15-18-9-10-19(27)13-22(18)28/h3-14,16,24H,15H2,1-2H3,(H,31,33)(H,32,34)/b30-14+. The fourth-order valence-corrected chi connectivity index (χ4v) is 3.55. The Morgan fingerprint density at radius 1 is 1.06 bits per heavy atom. The molecule has 0 aliphatic carbocycles. The second kappa shape index (κ2) is 12.3. The van der Waals surface area contributed by atoms with Crippen LogP contribution in [0.15, 0.2) is 71.8 Å². The van der Waals surface area contributed by atoms with Crippen molar-refractivity contribution in [3.63, 3.8) is 0 Å². The number of amides is 2. The average Bonchev–Trinajstić information content (AvgIpc) is 2.82. The Kier molecular flexibility index (Phi) is 9.23. The number of halogens is 3. The Hall–Kier alpha value is -3.42. The monoisotopic (exact) mass is 515 g/mol. The molecule has 3 aromatic rings. The number of hydrogen-bond acceptors (Lipinski definition) is 4. The number of ether oxygens (including phenoxy) is 1. The van der Waals surface area contributed by atoms with Gasteiger partial charge in [-0.1, -0.05) is 55.2 Å². The summed E-state index contributed by atoms with van der Waals surface area (Å²) in [4.78, 5) is 25.0. The molecule has 0 aliphatic heterocycles. The molecule has 1 unspecified atom stereocenters. The van der Waals surface area contributed by atoms with E-state index in [1.807, 2.05) is 0 Å². The van der Waals surface area contributed by atoms with Crippen LogP contribution in [0.3, 0.4) is 0 Å². The van der Waals surface area contributed by atoms with Crippen LogP contribution in [0, 0.1) is 11.7 Å². The molecule has 182 valence electrons. The molecule has 9 heteroatoms. The molecule has 3 rings (SSSR count). The summed E-state index contributed by atoms with van der Waals surface area (Å²) in [5.74, 6) is -1.45. The minimum absolute atomic E-state index is 0.130. The van der Waals surface area contributed by atoms with Crippen LogP contribution >= 0.6 is 23.2 Å². The summed E-state index contributed by atoms with van der Waals surface area (Å²) in [5.41, 5.74) is 3.82. The van der Waals surface area contributed by atoms with Crippen molar-refractivity contribution in [1.82, 2.24) is 10.7 Å². The smallest absolute Gasteiger partial charge is 0.262 e. The molecule has 0 aliphatic rings. The van der Waals surface area contributed by atoms with E-state index in [0.717, 1.165) is 11.1 Å². The van der Waals surface area contributed by atoms with Gasteiger partial charge in [0.25, 0.3) is 11.8 Å². The van der Waals surface area contributed by atoms with Gasteiger partial charge in [-0.25, -0.2) is 9.82 Å². The molecule has 2 N–H and O–H groups in total. The van der Waals surface area contributed by atoms with Crippen LogP contribution in [0.4, 0.5) is 4.39 Å². The minimum Gasteiger partial charge on any atom is -0.489 e. The lowest BCUT2D eigenvalue weighted by Crippen LogP contribution is -2.48. The molecule has 6 nitrogen and oxygen atoms in total. The maximum atomic E-state index is 13.9. The van der Waals surface area contributed by atoms with E-state index in [9.17, 15) is 14.0 Å². The van der Waals surface area contributed by atoms with Gasteiger partial charge >= 0.3 is 0 Å². The van der Waals surface area contributed by atoms with Gasteiger partial charge in [0.05, 0.1) is 11.8 Å². The second-order valence-electron chi connectivity index (χ2n) is 8.00. The second-order valence-corrected chi connectivity index (χ2v) is 8.85. The van der Waals surface area contributed by atoms with Gasteiger partial charge in [0.15, 0.2) is 0 Å². The number of hydrazone groups is 1. The highest BCUT2D eigenvalue weighted by molar-refractivity contribution is 6.35. The molecular weight excluding hydrogens is 492 g/mol. The molecule has 0 radical (unpaired) electrons. The van der Waals surface area contributed by atoms with Crippen molar-refractivity contribution in [3.05, 3.63) is 99.3 Å². The van der Waals surface area contributed by atoms with E-state index in [2.05, 4.69) is 15.8 Å². The van der Waals surface area contributed by atoms with Crippen LogP contribution in [-0.4, -0.2) is 24.1 Å². The molecular formula is C26H24Cl2FN3O3. The SMILES string of the molecule is CC(C)C(NC(=O)c1ccccc1F)C(=O)N/N=C/c1ccc(OCc2ccc(Cl)cc2Cl)cc1. The zero-order valence-electron chi connectivity index (χ0n) is 19.1. The highest BCUT2D eigenvalue weighted by atomic mass is 35.5. The first-order valence-electron chi connectivity index (χ1n) is 10.8. The Bertz CT molecular complexity index is 1220. The average molecular weight is 516 g/mol. The number of hydrogen-bond donors (Lipinski definition) is 2. The summed E-state index contributed by atoms with van der Waals surface area (Å²) in [6.45, 7) is 3.83. The molecule has 2 amide bonds. The molecule has 0 aromatic heterocycles. The fourth-order valence-electron chi connectivity index (χ4n) is 3.09. The van der Waals surface area contributed by atoms with E-state index >= 15 is 0 Å². The van der Waals surface area contributed by atoms with Crippen LogP contribution in [0.1, 0.15) is 35.3 Å². The maximum absolute atomic E-state index is 13.9. The van der Waals surface area contributed by atoms with Crippen molar-refractivity contribution in [2.24, 2.45) is 11.0 Å². The van der Waals surface area contributed by atoms with Gasteiger partial charge in [-0.3, -0.25) is 9.59 Å². The quantitative estimate of drug-likeness (QED) is 0.286. The van der Waals surface area contributed by atoms with Gasteiger partial charge in [0.1, 0.15) is 24.2 Å². The summed E-state index contributed by atoms with van der Waals surface area (Å²) >= 11 is 12.1. The fraction of sp³-hybridized carbons (Fsp3) is 0.192. The maximum Gasteiger partial charge on any atom is 0.262 e. The molecule has 0 fully saturated rings. The summed E-state index contributed by atoms with van der Waals surface area (Å²) in [7, 11) is 0. The van der Waals surface area contributed by atoms with Crippen LogP contribution in [0.5, 0.6) is 5.75 Å². The van der Waals surface area contributed by atoms with Crippen molar-refractivity contribution in [2.45, 2.75) is 26.5 Å². The molecule has 0 saturated heterocycles. The molecule has 0 saturated carbocycles. The summed E-state index contributed by atoms with van der Waals surface area (Å²) in [6, 6.07) is 17.0. The Labute approximate surface area is 213 Å². The highest BCUT2D eigenvalue weighted by Gasteiger charge is 2.25. The van der Waals surface area contributed by atoms with Gasteiger partial charge in [-0.15, -0.1) is 0 Å². The molecule has 0 heterocycles. The Balaban J connectivity index is 1.54. The zero-order chi connectivity index (χ0) is 25.4. The van der Waals surface area contributed by atoms with Crippen LogP contribution in [0.2, 0.25) is 10.0 Å². The first-order chi connectivity index (χ1) is 16.7. The van der Waals surface area contributed by atoms with E-state index in [1.165, 1.54) is 24.4 Å². The predicted molar refractivity (Wildman–Crippen MR) is 135 cm³/mol. The van der Waals surface area contributed by atoms with Crippen molar-refractivity contribution < 1.29 is 18.7 Å². The summed E-state index contributed by atoms with van der Waals surface area (Å²) in [6.07, 6.45) is 1.47. The normalized spacial score (nSPS) is 11.9. The number of benzene rings is 3. The summed E-state index contributed by atoms with van der Waals surface area (Å²) < 4.78 is 19.6. The highest BCUT2D eigenvalue weighted by Crippen LogP contribution is 2.22. The van der Waals surface area contributed by atoms with E-state index in [-0.39, 0.29) is 18.1 Å². The summed E-state index contributed by atoms with van der Waals surface area (Å²) in [5, 5.41) is 7.62. The molecule has 1 atom stereocenters. The first-order valence-corrected chi connectivity index (χ1v) is 11.6. The zero-order valence-corrected chi connectivity index (χ0v) is 20.6. The Morgan fingerprint density at radius 3 is 2.43 bits per heavy atom. The lowest BCUT2D eigenvalue weighted by Gasteiger charge is -2.20. The van der Waals surface area contributed by atoms with Crippen molar-refractivity contribution >= 4 is 41.2 Å². The van der Waals surface area contributed by atoms with Crippen molar-refractivity contribution in [2.75, 3.05) is 0 Å². The largest absolute Gasteiger partial charge is 0.489 e. The molecule has 0 spiro atoms. The van der Waals surface area contributed by atoms with Gasteiger partial charge in [0.2, 0.25) is 0 Å². The van der Waals surface area contributed by atoms with Gasteiger partial charge in [-0.05, 0) is 60.0 Å². The molecule has 0 bridgehead atoms. The third kappa shape index (κ3) is 7.53. The number of carbonyl (C=O) groups excluding carboxylic acids is 2. The lowest BCUT2D eigenvalue weighted by atomic mass is 10.0. The van der Waals surface area contributed by atoms with E-state index in [1.54, 1.807) is 62.4 Å². The lowest BCUT2D eigenvalue weighted by molar-refractivity contribution is -0.123. The minimum atomic E-state index is -0.894. The molecule has 35 heavy (non-hydrogen) atoms. The van der Waals surface area contributed by atoms with Crippen LogP contribution in [-0.2, 0) is 11.4 Å². The van der Waals surface area contributed by atoms with Crippen LogP contribution in [0.25, 0.3) is 0 Å². The van der Waals surface area contributed by atoms with E-state index < -0.39 is 23.7 Å². The predicted octanol–water partition coefficient (Wildman–Crippen LogP) is 5.62. The topological polar surface area (TPSA) is 79.8 Å². The van der Waals surface area contributed by atoms with Gasteiger partial charge in [-0.2, -0.15) is 5.10 Å². The van der Waals surface area contributed by atoms with E-state index in [0.29, 0.717) is 15.8 Å². The number of nitrogens with zero attached hydrogens (tertiary/aromatic N) is 1. The van der Waals surface area contributed by atoms with Crippen molar-refractivity contribution in [1.29, 1.82) is 0 Å². The number of nitrogens with one attached hydrogen (secondary N) is 2. The Morgan fingerprint density at radius 2 is 1.77 bits per heavy atom. The molecule has 3 aromatic carbocycles. The third-order valence-electron chi connectivity index (χ3n) is 5.03. The van der Waals surface area contributed by atoms with Crippen molar-refractivity contribution in [3.8, 4) is 5.75 Å². The van der Waals surface area contributed by atoms with Gasteiger partial charge < -0.3 is 10.1 Å². The van der Waals surface area contributed by atoms with Crippen LogP contribution < -0.4 is 15.5 Å². The first kappa shape index (κ1) is 26.2. The number of rotatable bonds is 9. The van der Waals surface area contributed by atoms with E-state index in [4.69, 9.17) is 27.9 Å². The van der Waals surface area contributed by atoms with Gasteiger partial charge in [0, 0.05) is 15.6 Å². The number of carbonyl (C=O) groups is 2. The third-order valence-corrected chi connectivity index (χ3v) is 5.62.